The van der Waals surface area contributed by atoms with E-state index in [9.17, 15) is 9.90 Å². The van der Waals surface area contributed by atoms with Crippen LogP contribution in [0.3, 0.4) is 0 Å². The zero-order valence-electron chi connectivity index (χ0n) is 8.34. The van der Waals surface area contributed by atoms with E-state index in [0.717, 1.165) is 3.57 Å². The van der Waals surface area contributed by atoms with Crippen LogP contribution < -0.4 is 5.32 Å². The molecular weight excluding hydrogens is 328 g/mol. The van der Waals surface area contributed by atoms with Crippen LogP contribution in [0.5, 0.6) is 0 Å². The highest BCUT2D eigenvalue weighted by molar-refractivity contribution is 14.1. The number of aliphatic hydroxyl groups is 1. The van der Waals surface area contributed by atoms with E-state index in [0.29, 0.717) is 10.7 Å². The molecule has 0 radical (unpaired) electrons. The summed E-state index contributed by atoms with van der Waals surface area (Å²) in [5.74, 6) is -0.456. The van der Waals surface area contributed by atoms with Crippen LogP contribution in [-0.4, -0.2) is 16.6 Å². The summed E-state index contributed by atoms with van der Waals surface area (Å²) in [4.78, 5) is 11.5. The lowest BCUT2D eigenvalue weighted by atomic mass is 10.1. The van der Waals surface area contributed by atoms with E-state index in [1.165, 1.54) is 13.8 Å². The molecular formula is C10H11ClINO2. The molecule has 1 rings (SSSR count). The predicted molar refractivity (Wildman–Crippen MR) is 69.1 cm³/mol. The number of nitrogens with one attached hydrogen (secondary N) is 1. The summed E-state index contributed by atoms with van der Waals surface area (Å²) in [6, 6.07) is 5.21. The number of hydrogen-bond donors (Lipinski definition) is 2. The molecule has 0 heterocycles. The maximum Gasteiger partial charge on any atom is 0.255 e. The Hall–Kier alpha value is -0.330. The summed E-state index contributed by atoms with van der Waals surface area (Å²) in [5, 5.41) is 12.6. The number of hydrogen-bond acceptors (Lipinski definition) is 2. The van der Waals surface area contributed by atoms with Gasteiger partial charge >= 0.3 is 0 Å². The lowest BCUT2D eigenvalue weighted by Gasteiger charge is -2.17. The normalized spacial score (nSPS) is 11.3. The van der Waals surface area contributed by atoms with Crippen molar-refractivity contribution in [2.45, 2.75) is 19.4 Å². The maximum atomic E-state index is 11.5. The molecule has 0 bridgehead atoms. The first-order chi connectivity index (χ1) is 6.82. The highest BCUT2D eigenvalue weighted by Gasteiger charge is 2.24. The monoisotopic (exact) mass is 339 g/mol. The number of rotatable bonds is 2. The third-order valence-electron chi connectivity index (χ3n) is 1.76. The molecule has 1 amide bonds. The number of anilines is 1. The van der Waals surface area contributed by atoms with Crippen molar-refractivity contribution in [3.63, 3.8) is 0 Å². The second kappa shape index (κ2) is 4.67. The minimum absolute atomic E-state index is 0.456. The van der Waals surface area contributed by atoms with Gasteiger partial charge in [0.25, 0.3) is 5.91 Å². The summed E-state index contributed by atoms with van der Waals surface area (Å²) in [7, 11) is 0. The van der Waals surface area contributed by atoms with Crippen LogP contribution in [0, 0.1) is 3.57 Å². The van der Waals surface area contributed by atoms with Gasteiger partial charge in [-0.3, -0.25) is 4.79 Å². The molecule has 0 spiro atoms. The van der Waals surface area contributed by atoms with Crippen LogP contribution in [0.2, 0.25) is 5.02 Å². The quantitative estimate of drug-likeness (QED) is 0.814. The van der Waals surface area contributed by atoms with Gasteiger partial charge in [0.05, 0.1) is 14.3 Å². The molecule has 5 heteroatoms. The predicted octanol–water partition coefficient (Wildman–Crippen LogP) is 2.65. The standard InChI is InChI=1S/C10H11ClINO2/c1-10(2,15)9(14)13-7-5-3-4-6(11)8(7)12/h3-5,15H,1-2H3,(H,13,14). The molecule has 0 atom stereocenters. The van der Waals surface area contributed by atoms with Gasteiger partial charge in [0, 0.05) is 0 Å². The first kappa shape index (κ1) is 12.7. The molecule has 82 valence electrons. The zero-order valence-corrected chi connectivity index (χ0v) is 11.3. The van der Waals surface area contributed by atoms with E-state index in [1.54, 1.807) is 18.2 Å². The van der Waals surface area contributed by atoms with Gasteiger partial charge in [-0.05, 0) is 48.6 Å². The number of amides is 1. The Labute approximate surface area is 107 Å². The van der Waals surface area contributed by atoms with E-state index in [1.807, 2.05) is 22.6 Å². The van der Waals surface area contributed by atoms with Crippen LogP contribution in [-0.2, 0) is 4.79 Å². The van der Waals surface area contributed by atoms with E-state index >= 15 is 0 Å². The fourth-order valence-electron chi connectivity index (χ4n) is 0.876. The van der Waals surface area contributed by atoms with Crippen molar-refractivity contribution in [3.8, 4) is 0 Å². The van der Waals surface area contributed by atoms with Crippen molar-refractivity contribution < 1.29 is 9.90 Å². The first-order valence-corrected chi connectivity index (χ1v) is 5.76. The molecule has 3 nitrogen and oxygen atoms in total. The molecule has 0 saturated carbocycles. The number of halogens is 2. The molecule has 1 aromatic carbocycles. The smallest absolute Gasteiger partial charge is 0.255 e. The van der Waals surface area contributed by atoms with Gasteiger partial charge in [0.1, 0.15) is 5.60 Å². The van der Waals surface area contributed by atoms with Crippen molar-refractivity contribution in [2.24, 2.45) is 0 Å². The Morgan fingerprint density at radius 1 is 1.53 bits per heavy atom. The van der Waals surface area contributed by atoms with Gasteiger partial charge in [-0.1, -0.05) is 17.7 Å². The molecule has 0 aliphatic carbocycles. The number of carbonyl (C=O) groups excluding carboxylic acids is 1. The van der Waals surface area contributed by atoms with Gasteiger partial charge in [-0.2, -0.15) is 0 Å². The molecule has 0 fully saturated rings. The number of benzene rings is 1. The highest BCUT2D eigenvalue weighted by atomic mass is 127. The lowest BCUT2D eigenvalue weighted by Crippen LogP contribution is -2.36. The zero-order chi connectivity index (χ0) is 11.6. The van der Waals surface area contributed by atoms with Crippen LogP contribution in [0.1, 0.15) is 13.8 Å². The maximum absolute atomic E-state index is 11.5. The summed E-state index contributed by atoms with van der Waals surface area (Å²) < 4.78 is 0.759. The second-order valence-corrected chi connectivity index (χ2v) is 5.10. The highest BCUT2D eigenvalue weighted by Crippen LogP contribution is 2.26. The average Bonchev–Trinajstić information content (AvgIpc) is 2.11. The summed E-state index contributed by atoms with van der Waals surface area (Å²) in [5.41, 5.74) is -0.791. The Bertz CT molecular complexity index is 387. The SMILES string of the molecule is CC(C)(O)C(=O)Nc1cccc(Cl)c1I. The van der Waals surface area contributed by atoms with Gasteiger partial charge in [0.15, 0.2) is 0 Å². The third kappa shape index (κ3) is 3.32. The van der Waals surface area contributed by atoms with Gasteiger partial charge in [0.2, 0.25) is 0 Å². The van der Waals surface area contributed by atoms with Crippen LogP contribution in [0.4, 0.5) is 5.69 Å². The van der Waals surface area contributed by atoms with Crippen LogP contribution >= 0.6 is 34.2 Å². The summed E-state index contributed by atoms with van der Waals surface area (Å²) in [6.07, 6.45) is 0. The fourth-order valence-corrected chi connectivity index (χ4v) is 1.54. The Balaban J connectivity index is 2.91. The van der Waals surface area contributed by atoms with Crippen LogP contribution in [0.25, 0.3) is 0 Å². The van der Waals surface area contributed by atoms with Crippen molar-refractivity contribution >= 4 is 45.8 Å². The van der Waals surface area contributed by atoms with Gasteiger partial charge in [-0.15, -0.1) is 0 Å². The Kier molecular flexibility index (Phi) is 3.97. The first-order valence-electron chi connectivity index (χ1n) is 4.30. The van der Waals surface area contributed by atoms with Crippen molar-refractivity contribution in [3.05, 3.63) is 26.8 Å². The topological polar surface area (TPSA) is 49.3 Å². The molecule has 1 aromatic rings. The molecule has 0 aliphatic rings. The second-order valence-electron chi connectivity index (χ2n) is 3.61. The molecule has 0 saturated heterocycles. The van der Waals surface area contributed by atoms with E-state index in [4.69, 9.17) is 11.6 Å². The summed E-state index contributed by atoms with van der Waals surface area (Å²) >= 11 is 7.93. The fraction of sp³-hybridized carbons (Fsp3) is 0.300. The Morgan fingerprint density at radius 3 is 2.67 bits per heavy atom. The van der Waals surface area contributed by atoms with Crippen LogP contribution in [0.15, 0.2) is 18.2 Å². The van der Waals surface area contributed by atoms with Gasteiger partial charge in [-0.25, -0.2) is 0 Å². The Morgan fingerprint density at radius 2 is 2.13 bits per heavy atom. The van der Waals surface area contributed by atoms with Crippen molar-refractivity contribution in [2.75, 3.05) is 5.32 Å². The van der Waals surface area contributed by atoms with E-state index < -0.39 is 11.5 Å². The molecule has 0 aliphatic heterocycles. The lowest BCUT2D eigenvalue weighted by molar-refractivity contribution is -0.130. The largest absolute Gasteiger partial charge is 0.381 e. The minimum atomic E-state index is -1.40. The van der Waals surface area contributed by atoms with E-state index in [2.05, 4.69) is 5.32 Å². The minimum Gasteiger partial charge on any atom is -0.381 e. The van der Waals surface area contributed by atoms with E-state index in [-0.39, 0.29) is 0 Å². The molecule has 15 heavy (non-hydrogen) atoms. The average molecular weight is 340 g/mol. The van der Waals surface area contributed by atoms with Gasteiger partial charge < -0.3 is 10.4 Å². The van der Waals surface area contributed by atoms with Crippen molar-refractivity contribution in [1.29, 1.82) is 0 Å². The summed E-state index contributed by atoms with van der Waals surface area (Å²) in [6.45, 7) is 2.86. The molecule has 0 unspecified atom stereocenters. The van der Waals surface area contributed by atoms with Crippen molar-refractivity contribution in [1.82, 2.24) is 0 Å². The number of carbonyl (C=O) groups is 1. The third-order valence-corrected chi connectivity index (χ3v) is 3.55. The molecule has 2 N–H and O–H groups in total. The molecule has 0 aromatic heterocycles.